The maximum atomic E-state index is 6.68. The Morgan fingerprint density at radius 2 is 1.19 bits per heavy atom. The highest BCUT2D eigenvalue weighted by Gasteiger charge is 2.52. The van der Waals surface area contributed by atoms with Gasteiger partial charge in [0.05, 0.1) is 25.2 Å². The Morgan fingerprint density at radius 3 is 1.56 bits per heavy atom. The van der Waals surface area contributed by atoms with Crippen LogP contribution in [0.1, 0.15) is 88.5 Å². The van der Waals surface area contributed by atoms with Gasteiger partial charge in [0.1, 0.15) is 14.1 Å². The molecular weight excluding hydrogens is 340 g/mol. The van der Waals surface area contributed by atoms with E-state index >= 15 is 0 Å². The average Bonchev–Trinajstić information content (AvgIpc) is 2.50. The molecule has 0 amide bonds. The van der Waals surface area contributed by atoms with E-state index in [1.807, 2.05) is 0 Å². The first kappa shape index (κ1) is 26.8. The third kappa shape index (κ3) is 6.94. The van der Waals surface area contributed by atoms with Crippen LogP contribution in [0.3, 0.4) is 0 Å². The first-order chi connectivity index (χ1) is 11.8. The van der Waals surface area contributed by atoms with Crippen LogP contribution in [0.15, 0.2) is 0 Å². The molecule has 164 valence electrons. The van der Waals surface area contributed by atoms with Crippen LogP contribution in [-0.4, -0.2) is 60.0 Å². The fraction of sp³-hybridized carbons (Fsp3) is 1.00. The molecular formula is C21H50N4O2+2. The first-order valence-corrected chi connectivity index (χ1v) is 10.4. The van der Waals surface area contributed by atoms with Crippen molar-refractivity contribution in [3.63, 3.8) is 0 Å². The van der Waals surface area contributed by atoms with Gasteiger partial charge in [0.2, 0.25) is 0 Å². The molecule has 0 rings (SSSR count). The second kappa shape index (κ2) is 8.64. The molecule has 0 fully saturated rings. The molecule has 0 saturated carbocycles. The van der Waals surface area contributed by atoms with E-state index in [1.54, 1.807) is 0 Å². The molecule has 0 bridgehead atoms. The fourth-order valence-electron chi connectivity index (χ4n) is 2.50. The van der Waals surface area contributed by atoms with Gasteiger partial charge in [-0.3, -0.25) is 4.84 Å². The van der Waals surface area contributed by atoms with Crippen LogP contribution >= 0.6 is 0 Å². The summed E-state index contributed by atoms with van der Waals surface area (Å²) in [7, 11) is 8.44. The van der Waals surface area contributed by atoms with Crippen LogP contribution < -0.4 is 10.9 Å². The minimum atomic E-state index is -0.478. The van der Waals surface area contributed by atoms with Gasteiger partial charge in [-0.05, 0) is 40.0 Å². The summed E-state index contributed by atoms with van der Waals surface area (Å²) < 4.78 is 0.841. The molecule has 6 heteroatoms. The van der Waals surface area contributed by atoms with Crippen molar-refractivity contribution in [3.05, 3.63) is 0 Å². The summed E-state index contributed by atoms with van der Waals surface area (Å²) >= 11 is 0. The predicted octanol–water partition coefficient (Wildman–Crippen LogP) is 4.34. The second-order valence-electron chi connectivity index (χ2n) is 10.6. The summed E-state index contributed by atoms with van der Waals surface area (Å²) in [6.45, 7) is 21.6. The summed E-state index contributed by atoms with van der Waals surface area (Å²) in [5, 5.41) is 0. The molecule has 0 unspecified atom stereocenters. The summed E-state index contributed by atoms with van der Waals surface area (Å²) in [6, 6.07) is 0. The van der Waals surface area contributed by atoms with E-state index in [9.17, 15) is 0 Å². The number of rotatable bonds is 12. The van der Waals surface area contributed by atoms with Crippen molar-refractivity contribution in [1.82, 2.24) is 10.9 Å². The Bertz CT molecular complexity index is 467. The molecule has 0 aliphatic heterocycles. The molecule has 0 aliphatic carbocycles. The van der Waals surface area contributed by atoms with Crippen LogP contribution in [0.2, 0.25) is 0 Å². The monoisotopic (exact) mass is 390 g/mol. The van der Waals surface area contributed by atoms with Gasteiger partial charge in [-0.25, -0.2) is 4.59 Å². The van der Waals surface area contributed by atoms with E-state index in [0.29, 0.717) is 9.24 Å². The molecule has 27 heavy (non-hydrogen) atoms. The molecule has 0 saturated heterocycles. The van der Waals surface area contributed by atoms with Crippen molar-refractivity contribution >= 4 is 0 Å². The van der Waals surface area contributed by atoms with Crippen LogP contribution in [0.25, 0.3) is 0 Å². The predicted molar refractivity (Wildman–Crippen MR) is 114 cm³/mol. The number of nitrogens with zero attached hydrogens (tertiary/aromatic N) is 2. The van der Waals surface area contributed by atoms with Crippen molar-refractivity contribution in [2.45, 2.75) is 111 Å². The van der Waals surface area contributed by atoms with Gasteiger partial charge < -0.3 is 0 Å². The molecule has 0 aromatic carbocycles. The standard InChI is InChI=1S/C21H50N4O2/c1-15-18(4,5)22-24(11,12)20(8,9)27-25(13,14)19(6,7)23-26-21(10,16-2)17-3/h22-23H,15-17H2,1-14H3/q+2. The lowest BCUT2D eigenvalue weighted by atomic mass is 10.0. The summed E-state index contributed by atoms with van der Waals surface area (Å²) in [4.78, 5) is 12.8. The molecule has 0 atom stereocenters. The van der Waals surface area contributed by atoms with E-state index in [4.69, 9.17) is 9.68 Å². The lowest BCUT2D eigenvalue weighted by Gasteiger charge is -2.51. The number of quaternary nitrogens is 2. The Kier molecular flexibility index (Phi) is 8.56. The lowest BCUT2D eigenvalue weighted by Crippen LogP contribution is -2.75. The largest absolute Gasteiger partial charge is 0.290 e. The van der Waals surface area contributed by atoms with E-state index in [0.717, 1.165) is 19.3 Å². The van der Waals surface area contributed by atoms with E-state index in [2.05, 4.69) is 108 Å². The summed E-state index contributed by atoms with van der Waals surface area (Å²) in [5.74, 6) is 0. The third-order valence-electron chi connectivity index (χ3n) is 6.65. The van der Waals surface area contributed by atoms with E-state index < -0.39 is 11.4 Å². The number of hydroxylamine groups is 4. The Hall–Kier alpha value is -0.240. The maximum Gasteiger partial charge on any atom is 0.265 e. The second-order valence-corrected chi connectivity index (χ2v) is 10.6. The zero-order chi connectivity index (χ0) is 21.9. The van der Waals surface area contributed by atoms with Gasteiger partial charge in [-0.1, -0.05) is 20.8 Å². The molecule has 0 spiro atoms. The van der Waals surface area contributed by atoms with Gasteiger partial charge in [0, 0.05) is 27.7 Å². The van der Waals surface area contributed by atoms with Gasteiger partial charge in [0.25, 0.3) is 5.72 Å². The number of hydrogen-bond acceptors (Lipinski definition) is 4. The maximum absolute atomic E-state index is 6.68. The van der Waals surface area contributed by atoms with Crippen LogP contribution in [0.5, 0.6) is 0 Å². The number of nitrogens with one attached hydrogen (secondary N) is 2. The third-order valence-corrected chi connectivity index (χ3v) is 6.65. The quantitative estimate of drug-likeness (QED) is 0.296. The van der Waals surface area contributed by atoms with E-state index in [1.165, 1.54) is 0 Å². The Balaban J connectivity index is 5.39. The van der Waals surface area contributed by atoms with Crippen LogP contribution in [0, 0.1) is 0 Å². The lowest BCUT2D eigenvalue weighted by molar-refractivity contribution is -1.18. The molecule has 0 radical (unpaired) electrons. The smallest absolute Gasteiger partial charge is 0.265 e. The minimum Gasteiger partial charge on any atom is -0.290 e. The summed E-state index contributed by atoms with van der Waals surface area (Å²) in [6.07, 6.45) is 2.94. The molecule has 0 heterocycles. The molecule has 0 aromatic rings. The van der Waals surface area contributed by atoms with Crippen molar-refractivity contribution in [2.24, 2.45) is 0 Å². The molecule has 0 aliphatic rings. The fourth-order valence-corrected chi connectivity index (χ4v) is 2.50. The van der Waals surface area contributed by atoms with Gasteiger partial charge in [0.15, 0.2) is 5.66 Å². The van der Waals surface area contributed by atoms with Crippen molar-refractivity contribution in [3.8, 4) is 0 Å². The Labute approximate surface area is 169 Å². The topological polar surface area (TPSA) is 42.5 Å². The van der Waals surface area contributed by atoms with Crippen LogP contribution in [0.4, 0.5) is 0 Å². The SMILES string of the molecule is CCC(C)(C)N[N+](C)(C)C(C)(C)O[N+](C)(C)C(C)(C)NOC(C)(CC)CC. The number of hydrogen-bond donors (Lipinski definition) is 2. The van der Waals surface area contributed by atoms with E-state index in [-0.39, 0.29) is 11.1 Å². The van der Waals surface area contributed by atoms with Crippen molar-refractivity contribution in [2.75, 3.05) is 28.2 Å². The zero-order valence-electron chi connectivity index (χ0n) is 20.8. The normalized spacial score (nSPS) is 15.3. The highest BCUT2D eigenvalue weighted by molar-refractivity contribution is 4.72. The Morgan fingerprint density at radius 1 is 0.741 bits per heavy atom. The zero-order valence-corrected chi connectivity index (χ0v) is 20.8. The van der Waals surface area contributed by atoms with Crippen molar-refractivity contribution < 1.29 is 18.9 Å². The van der Waals surface area contributed by atoms with Gasteiger partial charge in [-0.2, -0.15) is 10.1 Å². The van der Waals surface area contributed by atoms with Crippen molar-refractivity contribution in [1.29, 1.82) is 0 Å². The first-order valence-electron chi connectivity index (χ1n) is 10.4. The summed E-state index contributed by atoms with van der Waals surface area (Å²) in [5.41, 5.74) is 5.93. The highest BCUT2D eigenvalue weighted by Crippen LogP contribution is 2.30. The van der Waals surface area contributed by atoms with Crippen LogP contribution in [-0.2, 0) is 9.68 Å². The minimum absolute atomic E-state index is 0.0161. The molecule has 6 nitrogen and oxygen atoms in total. The average molecular weight is 391 g/mol. The van der Waals surface area contributed by atoms with Gasteiger partial charge in [-0.15, -0.1) is 10.3 Å². The van der Waals surface area contributed by atoms with Gasteiger partial charge >= 0.3 is 0 Å². The highest BCUT2D eigenvalue weighted by atomic mass is 16.8. The molecule has 0 aromatic heterocycles. The molecule has 2 N–H and O–H groups in total.